The van der Waals surface area contributed by atoms with Crippen molar-refractivity contribution in [1.29, 1.82) is 0 Å². The van der Waals surface area contributed by atoms with Gasteiger partial charge in [-0.3, -0.25) is 0 Å². The lowest BCUT2D eigenvalue weighted by Crippen LogP contribution is -2.33. The molecule has 0 aromatic rings. The van der Waals surface area contributed by atoms with Crippen LogP contribution in [0.1, 0.15) is 0 Å². The molecule has 9 heavy (non-hydrogen) atoms. The van der Waals surface area contributed by atoms with Crippen molar-refractivity contribution in [2.45, 2.75) is 0 Å². The second-order valence-corrected chi connectivity index (χ2v) is 2.94. The molecule has 2 N–H and O–H groups in total. The van der Waals surface area contributed by atoms with Crippen molar-refractivity contribution < 1.29 is 8.42 Å². The number of nitrogens with one attached hydrogen (secondary N) is 2. The highest BCUT2D eigenvalue weighted by molar-refractivity contribution is 7.87. The summed E-state index contributed by atoms with van der Waals surface area (Å²) < 4.78 is 25.0. The number of terminal acetylenes is 1. The van der Waals surface area contributed by atoms with E-state index < -0.39 is 10.2 Å². The highest BCUT2D eigenvalue weighted by atomic mass is 32.2. The number of hydrogen-bond donors (Lipinski definition) is 2. The Hall–Kier alpha value is -0.570. The third kappa shape index (κ3) is 3.97. The molecule has 0 aromatic heterocycles. The van der Waals surface area contributed by atoms with E-state index in [9.17, 15) is 8.42 Å². The lowest BCUT2D eigenvalue weighted by Gasteiger charge is -1.98. The summed E-state index contributed by atoms with van der Waals surface area (Å²) in [6.07, 6.45) is 4.79. The van der Waals surface area contributed by atoms with Crippen molar-refractivity contribution in [3.63, 3.8) is 0 Å². The van der Waals surface area contributed by atoms with Crippen molar-refractivity contribution in [3.05, 3.63) is 0 Å². The summed E-state index contributed by atoms with van der Waals surface area (Å²) in [5.74, 6) is 2.13. The van der Waals surface area contributed by atoms with Crippen LogP contribution in [0.5, 0.6) is 0 Å². The van der Waals surface area contributed by atoms with E-state index in [4.69, 9.17) is 6.42 Å². The molecular formula is C4H8N2O2S. The maximum Gasteiger partial charge on any atom is 0.277 e. The fraction of sp³-hybridized carbons (Fsp3) is 0.500. The Morgan fingerprint density at radius 3 is 2.56 bits per heavy atom. The van der Waals surface area contributed by atoms with E-state index >= 15 is 0 Å². The third-order valence-electron chi connectivity index (χ3n) is 0.633. The standard InChI is InChI=1S/C4H8N2O2S/c1-3-4-6-9(7,8)5-2/h1,5-6H,4H2,2H3. The van der Waals surface area contributed by atoms with Gasteiger partial charge in [-0.25, -0.2) is 4.72 Å². The van der Waals surface area contributed by atoms with Gasteiger partial charge in [-0.1, -0.05) is 5.92 Å². The molecule has 0 aliphatic rings. The predicted molar refractivity (Wildman–Crippen MR) is 34.8 cm³/mol. The minimum atomic E-state index is -3.32. The van der Waals surface area contributed by atoms with E-state index in [1.165, 1.54) is 7.05 Å². The van der Waals surface area contributed by atoms with E-state index in [1.54, 1.807) is 0 Å². The Labute approximate surface area is 54.8 Å². The number of hydrogen-bond acceptors (Lipinski definition) is 2. The Morgan fingerprint density at radius 1 is 1.67 bits per heavy atom. The van der Waals surface area contributed by atoms with Crippen LogP contribution in [-0.4, -0.2) is 22.0 Å². The first-order valence-electron chi connectivity index (χ1n) is 2.24. The van der Waals surface area contributed by atoms with Crippen LogP contribution in [0, 0.1) is 12.3 Å². The Bertz CT molecular complexity index is 201. The Balaban J connectivity index is 3.78. The molecule has 0 saturated carbocycles. The molecule has 0 atom stereocenters. The van der Waals surface area contributed by atoms with Crippen LogP contribution in [0.25, 0.3) is 0 Å². The molecule has 0 bridgehead atoms. The van der Waals surface area contributed by atoms with Crippen LogP contribution in [-0.2, 0) is 10.2 Å². The van der Waals surface area contributed by atoms with Crippen molar-refractivity contribution >= 4 is 10.2 Å². The van der Waals surface area contributed by atoms with Gasteiger partial charge in [-0.2, -0.15) is 13.1 Å². The van der Waals surface area contributed by atoms with Crippen molar-refractivity contribution in [2.24, 2.45) is 0 Å². The summed E-state index contributed by atoms with van der Waals surface area (Å²) in [6, 6.07) is 0. The van der Waals surface area contributed by atoms with E-state index in [-0.39, 0.29) is 6.54 Å². The van der Waals surface area contributed by atoms with E-state index in [0.717, 1.165) is 0 Å². The maximum atomic E-state index is 10.4. The highest BCUT2D eigenvalue weighted by Gasteiger charge is 2.00. The van der Waals surface area contributed by atoms with Crippen LogP contribution in [0.3, 0.4) is 0 Å². The smallest absolute Gasteiger partial charge is 0.205 e. The lowest BCUT2D eigenvalue weighted by molar-refractivity contribution is 0.578. The molecule has 0 unspecified atom stereocenters. The normalized spacial score (nSPS) is 10.7. The molecule has 0 saturated heterocycles. The quantitative estimate of drug-likeness (QED) is 0.487. The summed E-state index contributed by atoms with van der Waals surface area (Å²) >= 11 is 0. The molecular weight excluding hydrogens is 140 g/mol. The van der Waals surface area contributed by atoms with E-state index in [1.807, 2.05) is 4.72 Å². The monoisotopic (exact) mass is 148 g/mol. The van der Waals surface area contributed by atoms with Gasteiger partial charge in [0.1, 0.15) is 0 Å². The van der Waals surface area contributed by atoms with Crippen LogP contribution >= 0.6 is 0 Å². The van der Waals surface area contributed by atoms with Crippen LogP contribution in [0.15, 0.2) is 0 Å². The van der Waals surface area contributed by atoms with Gasteiger partial charge < -0.3 is 0 Å². The molecule has 0 aromatic carbocycles. The summed E-state index contributed by atoms with van der Waals surface area (Å²) in [5.41, 5.74) is 0. The minimum absolute atomic E-state index is 0.0170. The predicted octanol–water partition coefficient (Wildman–Crippen LogP) is -1.33. The molecule has 0 aliphatic carbocycles. The van der Waals surface area contributed by atoms with Crippen molar-refractivity contribution in [3.8, 4) is 12.3 Å². The fourth-order valence-corrected chi connectivity index (χ4v) is 0.627. The summed E-state index contributed by atoms with van der Waals surface area (Å²) in [7, 11) is -2.02. The first-order valence-corrected chi connectivity index (χ1v) is 3.72. The Morgan fingerprint density at radius 2 is 2.22 bits per heavy atom. The van der Waals surface area contributed by atoms with Gasteiger partial charge in [-0.05, 0) is 0 Å². The second kappa shape index (κ2) is 3.45. The third-order valence-corrected chi connectivity index (χ3v) is 1.69. The molecule has 0 radical (unpaired) electrons. The maximum absolute atomic E-state index is 10.4. The van der Waals surface area contributed by atoms with Crippen molar-refractivity contribution in [1.82, 2.24) is 9.44 Å². The molecule has 0 heterocycles. The minimum Gasteiger partial charge on any atom is -0.205 e. The van der Waals surface area contributed by atoms with Gasteiger partial charge in [0.05, 0.1) is 6.54 Å². The summed E-state index contributed by atoms with van der Waals surface area (Å²) in [5, 5.41) is 0. The molecule has 0 amide bonds. The van der Waals surface area contributed by atoms with Gasteiger partial charge in [0.15, 0.2) is 0 Å². The molecule has 0 rings (SSSR count). The molecule has 52 valence electrons. The molecule has 0 aliphatic heterocycles. The van der Waals surface area contributed by atoms with Gasteiger partial charge in [0.25, 0.3) is 10.2 Å². The first-order chi connectivity index (χ1) is 4.12. The zero-order valence-electron chi connectivity index (χ0n) is 5.01. The van der Waals surface area contributed by atoms with Gasteiger partial charge >= 0.3 is 0 Å². The van der Waals surface area contributed by atoms with Gasteiger partial charge in [-0.15, -0.1) is 6.42 Å². The average molecular weight is 148 g/mol. The van der Waals surface area contributed by atoms with Crippen LogP contribution < -0.4 is 9.44 Å². The highest BCUT2D eigenvalue weighted by Crippen LogP contribution is 1.68. The fourth-order valence-electron chi connectivity index (χ4n) is 0.209. The van der Waals surface area contributed by atoms with Gasteiger partial charge in [0, 0.05) is 7.05 Å². The zero-order chi connectivity index (χ0) is 7.33. The number of rotatable bonds is 3. The molecule has 0 spiro atoms. The largest absolute Gasteiger partial charge is 0.277 e. The van der Waals surface area contributed by atoms with E-state index in [2.05, 4.69) is 10.6 Å². The average Bonchev–Trinajstić information content (AvgIpc) is 1.84. The van der Waals surface area contributed by atoms with E-state index in [0.29, 0.717) is 0 Å². The second-order valence-electron chi connectivity index (χ2n) is 1.23. The Kier molecular flexibility index (Phi) is 3.24. The molecule has 5 heteroatoms. The molecule has 0 fully saturated rings. The van der Waals surface area contributed by atoms with Crippen LogP contribution in [0.4, 0.5) is 0 Å². The summed E-state index contributed by atoms with van der Waals surface area (Å²) in [4.78, 5) is 0. The van der Waals surface area contributed by atoms with Gasteiger partial charge in [0.2, 0.25) is 0 Å². The molecule has 4 nitrogen and oxygen atoms in total. The summed E-state index contributed by atoms with van der Waals surface area (Å²) in [6.45, 7) is 0.0170. The van der Waals surface area contributed by atoms with Crippen molar-refractivity contribution in [2.75, 3.05) is 13.6 Å². The van der Waals surface area contributed by atoms with Crippen LogP contribution in [0.2, 0.25) is 0 Å². The first kappa shape index (κ1) is 8.43. The topological polar surface area (TPSA) is 58.2 Å². The lowest BCUT2D eigenvalue weighted by atomic mass is 10.7. The zero-order valence-corrected chi connectivity index (χ0v) is 5.83. The SMILES string of the molecule is C#CCNS(=O)(=O)NC.